The number of hydrogen-bond donors (Lipinski definition) is 3. The maximum absolute atomic E-state index is 11.3. The molecule has 0 bridgehead atoms. The third kappa shape index (κ3) is 3.18. The fourth-order valence-electron chi connectivity index (χ4n) is 1.12. The highest BCUT2D eigenvalue weighted by Crippen LogP contribution is 2.02. The molecule has 0 aliphatic heterocycles. The van der Waals surface area contributed by atoms with E-state index in [4.69, 9.17) is 5.73 Å². The van der Waals surface area contributed by atoms with Gasteiger partial charge in [-0.15, -0.1) is 0 Å². The number of nitrogens with zero attached hydrogens (tertiary/aromatic N) is 1. The zero-order chi connectivity index (χ0) is 10.4. The van der Waals surface area contributed by atoms with Gasteiger partial charge in [0, 0.05) is 17.8 Å². The number of aromatic amines is 1. The first-order valence-electron chi connectivity index (χ1n) is 4.69. The Morgan fingerprint density at radius 3 is 3.07 bits per heavy atom. The summed E-state index contributed by atoms with van der Waals surface area (Å²) in [6.07, 6.45) is 2.88. The molecule has 1 aromatic rings. The fourth-order valence-corrected chi connectivity index (χ4v) is 1.12. The number of nitrogens with one attached hydrogen (secondary N) is 2. The van der Waals surface area contributed by atoms with Crippen LogP contribution in [-0.2, 0) is 11.2 Å². The first kappa shape index (κ1) is 10.7. The largest absolute Gasteiger partial charge is 0.356 e. The van der Waals surface area contributed by atoms with E-state index in [0.717, 1.165) is 17.7 Å². The summed E-state index contributed by atoms with van der Waals surface area (Å²) in [5, 5.41) is 9.43. The SMILES string of the molecule is Cc1[nH]ncc1CC(=O)NCCCN. The number of rotatable bonds is 5. The quantitative estimate of drug-likeness (QED) is 0.567. The summed E-state index contributed by atoms with van der Waals surface area (Å²) in [5.74, 6) is 0.0166. The van der Waals surface area contributed by atoms with E-state index in [-0.39, 0.29) is 5.91 Å². The highest BCUT2D eigenvalue weighted by atomic mass is 16.1. The second kappa shape index (κ2) is 5.39. The van der Waals surface area contributed by atoms with Gasteiger partial charge in [0.1, 0.15) is 0 Å². The summed E-state index contributed by atoms with van der Waals surface area (Å²) in [5.41, 5.74) is 7.19. The van der Waals surface area contributed by atoms with E-state index in [1.165, 1.54) is 0 Å². The van der Waals surface area contributed by atoms with Gasteiger partial charge in [-0.3, -0.25) is 9.89 Å². The van der Waals surface area contributed by atoms with Crippen LogP contribution in [0, 0.1) is 6.92 Å². The van der Waals surface area contributed by atoms with Gasteiger partial charge in [-0.2, -0.15) is 5.10 Å². The molecular weight excluding hydrogens is 180 g/mol. The second-order valence-corrected chi connectivity index (χ2v) is 3.19. The maximum Gasteiger partial charge on any atom is 0.224 e. The third-order valence-corrected chi connectivity index (χ3v) is 1.99. The van der Waals surface area contributed by atoms with E-state index in [1.54, 1.807) is 6.20 Å². The minimum atomic E-state index is 0.0166. The van der Waals surface area contributed by atoms with Crippen molar-refractivity contribution in [2.24, 2.45) is 5.73 Å². The molecule has 0 saturated carbocycles. The molecule has 0 aliphatic carbocycles. The molecule has 0 fully saturated rings. The number of amides is 1. The number of carbonyl (C=O) groups excluding carboxylic acids is 1. The van der Waals surface area contributed by atoms with Gasteiger partial charge in [-0.25, -0.2) is 0 Å². The lowest BCUT2D eigenvalue weighted by atomic mass is 10.2. The van der Waals surface area contributed by atoms with Crippen molar-refractivity contribution in [1.29, 1.82) is 0 Å². The van der Waals surface area contributed by atoms with E-state index in [1.807, 2.05) is 6.92 Å². The Morgan fingerprint density at radius 1 is 1.71 bits per heavy atom. The van der Waals surface area contributed by atoms with E-state index in [2.05, 4.69) is 15.5 Å². The van der Waals surface area contributed by atoms with Gasteiger partial charge in [0.2, 0.25) is 5.91 Å². The van der Waals surface area contributed by atoms with Gasteiger partial charge >= 0.3 is 0 Å². The molecule has 1 rings (SSSR count). The molecule has 4 N–H and O–H groups in total. The summed E-state index contributed by atoms with van der Waals surface area (Å²) in [4.78, 5) is 11.3. The Hall–Kier alpha value is -1.36. The lowest BCUT2D eigenvalue weighted by Gasteiger charge is -2.02. The molecule has 5 nitrogen and oxygen atoms in total. The summed E-state index contributed by atoms with van der Waals surface area (Å²) in [6.45, 7) is 3.15. The molecule has 14 heavy (non-hydrogen) atoms. The monoisotopic (exact) mass is 196 g/mol. The standard InChI is InChI=1S/C9H16N4O/c1-7-8(6-12-13-7)5-9(14)11-4-2-3-10/h6H,2-5,10H2,1H3,(H,11,14)(H,12,13). The van der Waals surface area contributed by atoms with Crippen molar-refractivity contribution in [1.82, 2.24) is 15.5 Å². The molecule has 0 aromatic carbocycles. The number of aryl methyl sites for hydroxylation is 1. The Morgan fingerprint density at radius 2 is 2.50 bits per heavy atom. The van der Waals surface area contributed by atoms with Crippen molar-refractivity contribution in [2.75, 3.05) is 13.1 Å². The fraction of sp³-hybridized carbons (Fsp3) is 0.556. The van der Waals surface area contributed by atoms with Gasteiger partial charge in [0.25, 0.3) is 0 Å². The molecular formula is C9H16N4O. The molecule has 1 amide bonds. The predicted octanol–water partition coefficient (Wildman–Crippen LogP) is -0.274. The Balaban J connectivity index is 2.31. The normalized spacial score (nSPS) is 10.1. The smallest absolute Gasteiger partial charge is 0.224 e. The number of hydrogen-bond acceptors (Lipinski definition) is 3. The zero-order valence-electron chi connectivity index (χ0n) is 8.34. The third-order valence-electron chi connectivity index (χ3n) is 1.99. The molecule has 5 heteroatoms. The average Bonchev–Trinajstić information content (AvgIpc) is 2.52. The number of nitrogens with two attached hydrogens (primary N) is 1. The first-order chi connectivity index (χ1) is 6.74. The lowest BCUT2D eigenvalue weighted by molar-refractivity contribution is -0.120. The van der Waals surface area contributed by atoms with Crippen molar-refractivity contribution in [3.63, 3.8) is 0 Å². The van der Waals surface area contributed by atoms with Crippen molar-refractivity contribution in [3.05, 3.63) is 17.5 Å². The first-order valence-corrected chi connectivity index (χ1v) is 4.69. The number of H-pyrrole nitrogens is 1. The molecule has 0 saturated heterocycles. The lowest BCUT2D eigenvalue weighted by Crippen LogP contribution is -2.27. The van der Waals surface area contributed by atoms with E-state index >= 15 is 0 Å². The highest BCUT2D eigenvalue weighted by molar-refractivity contribution is 5.78. The van der Waals surface area contributed by atoms with Crippen LogP contribution in [0.4, 0.5) is 0 Å². The number of aromatic nitrogens is 2. The van der Waals surface area contributed by atoms with Gasteiger partial charge in [-0.05, 0) is 19.9 Å². The van der Waals surface area contributed by atoms with Gasteiger partial charge in [0.15, 0.2) is 0 Å². The molecule has 1 aromatic heterocycles. The van der Waals surface area contributed by atoms with Crippen LogP contribution in [0.3, 0.4) is 0 Å². The molecule has 0 aliphatic rings. The van der Waals surface area contributed by atoms with Crippen molar-refractivity contribution >= 4 is 5.91 Å². The van der Waals surface area contributed by atoms with Crippen LogP contribution in [0.25, 0.3) is 0 Å². The zero-order valence-corrected chi connectivity index (χ0v) is 8.34. The summed E-state index contributed by atoms with van der Waals surface area (Å²) in [7, 11) is 0. The molecule has 78 valence electrons. The Bertz CT molecular complexity index is 295. The van der Waals surface area contributed by atoms with Gasteiger partial charge < -0.3 is 11.1 Å². The second-order valence-electron chi connectivity index (χ2n) is 3.19. The van der Waals surface area contributed by atoms with Crippen LogP contribution in [0.1, 0.15) is 17.7 Å². The van der Waals surface area contributed by atoms with Crippen LogP contribution in [-0.4, -0.2) is 29.2 Å². The molecule has 0 radical (unpaired) electrons. The van der Waals surface area contributed by atoms with Gasteiger partial charge in [0.05, 0.1) is 12.6 Å². The Labute approximate surface area is 83.1 Å². The summed E-state index contributed by atoms with van der Waals surface area (Å²) < 4.78 is 0. The van der Waals surface area contributed by atoms with Crippen molar-refractivity contribution < 1.29 is 4.79 Å². The summed E-state index contributed by atoms with van der Waals surface area (Å²) >= 11 is 0. The van der Waals surface area contributed by atoms with E-state index in [0.29, 0.717) is 19.5 Å². The van der Waals surface area contributed by atoms with E-state index < -0.39 is 0 Å². The molecule has 1 heterocycles. The highest BCUT2D eigenvalue weighted by Gasteiger charge is 2.06. The van der Waals surface area contributed by atoms with Gasteiger partial charge in [-0.1, -0.05) is 0 Å². The topological polar surface area (TPSA) is 83.8 Å². The van der Waals surface area contributed by atoms with Crippen LogP contribution in [0.15, 0.2) is 6.20 Å². The molecule has 0 unspecified atom stereocenters. The van der Waals surface area contributed by atoms with Crippen LogP contribution < -0.4 is 11.1 Å². The average molecular weight is 196 g/mol. The summed E-state index contributed by atoms with van der Waals surface area (Å²) in [6, 6.07) is 0. The van der Waals surface area contributed by atoms with Crippen molar-refractivity contribution in [3.8, 4) is 0 Å². The Kier molecular flexibility index (Phi) is 4.12. The van der Waals surface area contributed by atoms with Crippen LogP contribution in [0.2, 0.25) is 0 Å². The van der Waals surface area contributed by atoms with Crippen LogP contribution >= 0.6 is 0 Å². The molecule has 0 spiro atoms. The minimum Gasteiger partial charge on any atom is -0.356 e. The maximum atomic E-state index is 11.3. The van der Waals surface area contributed by atoms with E-state index in [9.17, 15) is 4.79 Å². The number of carbonyl (C=O) groups is 1. The van der Waals surface area contributed by atoms with Crippen molar-refractivity contribution in [2.45, 2.75) is 19.8 Å². The molecule has 0 atom stereocenters. The minimum absolute atomic E-state index is 0.0166. The predicted molar refractivity (Wildman–Crippen MR) is 53.7 cm³/mol. The van der Waals surface area contributed by atoms with Crippen LogP contribution in [0.5, 0.6) is 0 Å².